The summed E-state index contributed by atoms with van der Waals surface area (Å²) in [5.74, 6) is -0.0576. The molecule has 0 saturated carbocycles. The van der Waals surface area contributed by atoms with Crippen LogP contribution in [0.2, 0.25) is 0 Å². The van der Waals surface area contributed by atoms with Crippen LogP contribution < -0.4 is 11.1 Å². The maximum atomic E-state index is 11.9. The predicted molar refractivity (Wildman–Crippen MR) is 77.9 cm³/mol. The van der Waals surface area contributed by atoms with Gasteiger partial charge in [0.1, 0.15) is 4.88 Å². The molecular formula is C12H20N2OS2. The van der Waals surface area contributed by atoms with Crippen molar-refractivity contribution in [2.24, 2.45) is 0 Å². The lowest BCUT2D eigenvalue weighted by Crippen LogP contribution is -2.39. The fraction of sp³-hybridized carbons (Fsp3) is 0.583. The van der Waals surface area contributed by atoms with E-state index in [1.807, 2.05) is 17.1 Å². The molecule has 0 aromatic carbocycles. The molecule has 1 heterocycles. The van der Waals surface area contributed by atoms with E-state index in [2.05, 4.69) is 25.4 Å². The van der Waals surface area contributed by atoms with Gasteiger partial charge in [0.2, 0.25) is 0 Å². The van der Waals surface area contributed by atoms with Gasteiger partial charge in [0.15, 0.2) is 0 Å². The van der Waals surface area contributed by atoms with Gasteiger partial charge in [-0.15, -0.1) is 11.3 Å². The number of carbonyl (C=O) groups is 1. The molecule has 3 nitrogen and oxygen atoms in total. The third kappa shape index (κ3) is 3.39. The second kappa shape index (κ2) is 6.31. The number of nitrogens with two attached hydrogens (primary N) is 1. The van der Waals surface area contributed by atoms with Crippen LogP contribution in [-0.4, -0.2) is 23.5 Å². The van der Waals surface area contributed by atoms with Crippen molar-refractivity contribution in [1.29, 1.82) is 0 Å². The van der Waals surface area contributed by atoms with Crippen molar-refractivity contribution in [2.75, 3.05) is 18.5 Å². The van der Waals surface area contributed by atoms with Crippen molar-refractivity contribution in [1.82, 2.24) is 5.32 Å². The van der Waals surface area contributed by atoms with E-state index in [-0.39, 0.29) is 10.7 Å². The van der Waals surface area contributed by atoms with Gasteiger partial charge in [0.05, 0.1) is 5.69 Å². The van der Waals surface area contributed by atoms with Gasteiger partial charge in [-0.25, -0.2) is 0 Å². The van der Waals surface area contributed by atoms with Gasteiger partial charge in [-0.1, -0.05) is 13.8 Å². The van der Waals surface area contributed by atoms with E-state index in [1.54, 1.807) is 6.07 Å². The van der Waals surface area contributed by atoms with Gasteiger partial charge in [-0.05, 0) is 30.5 Å². The molecule has 0 aliphatic rings. The van der Waals surface area contributed by atoms with Crippen molar-refractivity contribution in [2.45, 2.75) is 31.4 Å². The minimum absolute atomic E-state index is 0.0576. The van der Waals surface area contributed by atoms with E-state index in [9.17, 15) is 4.79 Å². The molecule has 0 spiro atoms. The Bertz CT molecular complexity index is 364. The zero-order valence-corrected chi connectivity index (χ0v) is 12.2. The Hall–Kier alpha value is -0.680. The van der Waals surface area contributed by atoms with Gasteiger partial charge in [-0.2, -0.15) is 11.8 Å². The molecule has 5 heteroatoms. The molecule has 0 unspecified atom stereocenters. The number of carbonyl (C=O) groups excluding carboxylic acids is 1. The van der Waals surface area contributed by atoms with Crippen LogP contribution in [0.15, 0.2) is 11.4 Å². The molecule has 3 N–H and O–H groups in total. The van der Waals surface area contributed by atoms with E-state index in [4.69, 9.17) is 5.73 Å². The minimum Gasteiger partial charge on any atom is -0.397 e. The average Bonchev–Trinajstić information content (AvgIpc) is 2.78. The van der Waals surface area contributed by atoms with Crippen LogP contribution in [0.4, 0.5) is 5.69 Å². The summed E-state index contributed by atoms with van der Waals surface area (Å²) in [4.78, 5) is 12.5. The largest absolute Gasteiger partial charge is 0.397 e. The third-order valence-electron chi connectivity index (χ3n) is 3.19. The number of hydrogen-bond donors (Lipinski definition) is 2. The van der Waals surface area contributed by atoms with Crippen LogP contribution in [0, 0.1) is 0 Å². The molecule has 1 aromatic heterocycles. The SMILES string of the molecule is CCC(CC)(CNC(=O)c1sccc1N)SC. The van der Waals surface area contributed by atoms with Crippen LogP contribution in [0.3, 0.4) is 0 Å². The Kier molecular flexibility index (Phi) is 5.33. The molecule has 0 saturated heterocycles. The number of hydrogen-bond acceptors (Lipinski definition) is 4. The second-order valence-electron chi connectivity index (χ2n) is 3.98. The molecule has 0 aliphatic heterocycles. The van der Waals surface area contributed by atoms with Gasteiger partial charge in [0.25, 0.3) is 5.91 Å². The van der Waals surface area contributed by atoms with Crippen molar-refractivity contribution >= 4 is 34.7 Å². The highest BCUT2D eigenvalue weighted by Gasteiger charge is 2.26. The number of thioether (sulfide) groups is 1. The van der Waals surface area contributed by atoms with Crippen molar-refractivity contribution < 1.29 is 4.79 Å². The number of anilines is 1. The van der Waals surface area contributed by atoms with Gasteiger partial charge in [-0.3, -0.25) is 4.79 Å². The minimum atomic E-state index is -0.0576. The molecule has 1 amide bonds. The fourth-order valence-electron chi connectivity index (χ4n) is 1.69. The van der Waals surface area contributed by atoms with Gasteiger partial charge >= 0.3 is 0 Å². The van der Waals surface area contributed by atoms with Gasteiger partial charge < -0.3 is 11.1 Å². The Balaban J connectivity index is 2.62. The van der Waals surface area contributed by atoms with E-state index < -0.39 is 0 Å². The van der Waals surface area contributed by atoms with Crippen LogP contribution >= 0.6 is 23.1 Å². The third-order valence-corrected chi connectivity index (χ3v) is 5.71. The lowest BCUT2D eigenvalue weighted by molar-refractivity contribution is 0.0954. The molecule has 0 radical (unpaired) electrons. The number of thiophene rings is 1. The molecule has 0 bridgehead atoms. The van der Waals surface area contributed by atoms with Crippen LogP contribution in [0.1, 0.15) is 36.4 Å². The lowest BCUT2D eigenvalue weighted by atomic mass is 10.0. The zero-order chi connectivity index (χ0) is 12.9. The quantitative estimate of drug-likeness (QED) is 0.837. The van der Waals surface area contributed by atoms with E-state index in [1.165, 1.54) is 11.3 Å². The van der Waals surface area contributed by atoms with E-state index in [0.717, 1.165) is 12.8 Å². The lowest BCUT2D eigenvalue weighted by Gasteiger charge is -2.29. The summed E-state index contributed by atoms with van der Waals surface area (Å²) in [6, 6.07) is 1.76. The van der Waals surface area contributed by atoms with E-state index in [0.29, 0.717) is 17.1 Å². The summed E-state index contributed by atoms with van der Waals surface area (Å²) in [5.41, 5.74) is 6.29. The van der Waals surface area contributed by atoms with Crippen molar-refractivity contribution in [3.05, 3.63) is 16.3 Å². The topological polar surface area (TPSA) is 55.1 Å². The Morgan fingerprint density at radius 1 is 1.53 bits per heavy atom. The number of nitrogen functional groups attached to an aromatic ring is 1. The Morgan fingerprint density at radius 2 is 2.18 bits per heavy atom. The highest BCUT2D eigenvalue weighted by Crippen LogP contribution is 2.29. The zero-order valence-electron chi connectivity index (χ0n) is 10.6. The summed E-state index contributed by atoms with van der Waals surface area (Å²) in [6.07, 6.45) is 4.19. The number of rotatable bonds is 6. The van der Waals surface area contributed by atoms with Crippen LogP contribution in [0.25, 0.3) is 0 Å². The summed E-state index contributed by atoms with van der Waals surface area (Å²) < 4.78 is 0.141. The summed E-state index contributed by atoms with van der Waals surface area (Å²) in [7, 11) is 0. The highest BCUT2D eigenvalue weighted by atomic mass is 32.2. The molecular weight excluding hydrogens is 252 g/mol. The first kappa shape index (κ1) is 14.4. The standard InChI is InChI=1S/C12H20N2OS2/c1-4-12(5-2,16-3)8-14-11(15)10-9(13)6-7-17-10/h6-7H,4-5,8,13H2,1-3H3,(H,14,15). The first-order chi connectivity index (χ1) is 8.08. The van der Waals surface area contributed by atoms with Gasteiger partial charge in [0, 0.05) is 11.3 Å². The molecule has 17 heavy (non-hydrogen) atoms. The molecule has 1 rings (SSSR count). The first-order valence-electron chi connectivity index (χ1n) is 5.75. The Morgan fingerprint density at radius 3 is 2.59 bits per heavy atom. The van der Waals surface area contributed by atoms with Crippen molar-refractivity contribution in [3.63, 3.8) is 0 Å². The molecule has 0 fully saturated rings. The highest BCUT2D eigenvalue weighted by molar-refractivity contribution is 8.00. The smallest absolute Gasteiger partial charge is 0.263 e. The maximum absolute atomic E-state index is 11.9. The Labute approximate surface area is 111 Å². The average molecular weight is 272 g/mol. The molecule has 1 aromatic rings. The molecule has 96 valence electrons. The maximum Gasteiger partial charge on any atom is 0.263 e. The fourth-order valence-corrected chi connectivity index (χ4v) is 3.21. The van der Waals surface area contributed by atoms with Crippen molar-refractivity contribution in [3.8, 4) is 0 Å². The molecule has 0 atom stereocenters. The van der Waals surface area contributed by atoms with E-state index >= 15 is 0 Å². The number of nitrogens with one attached hydrogen (secondary N) is 1. The summed E-state index contributed by atoms with van der Waals surface area (Å²) >= 11 is 3.21. The molecule has 0 aliphatic carbocycles. The normalized spacial score (nSPS) is 11.5. The van der Waals surface area contributed by atoms with Crippen LogP contribution in [0.5, 0.6) is 0 Å². The summed E-state index contributed by atoms with van der Waals surface area (Å²) in [6.45, 7) is 5.01. The summed E-state index contributed by atoms with van der Waals surface area (Å²) in [5, 5.41) is 4.83. The monoisotopic (exact) mass is 272 g/mol. The predicted octanol–water partition coefficient (Wildman–Crippen LogP) is 2.98. The second-order valence-corrected chi connectivity index (χ2v) is 6.17. The number of amides is 1. The first-order valence-corrected chi connectivity index (χ1v) is 7.85. The van der Waals surface area contributed by atoms with Crippen LogP contribution in [-0.2, 0) is 0 Å².